The highest BCUT2D eigenvalue weighted by atomic mass is 32.2. The van der Waals surface area contributed by atoms with Crippen molar-refractivity contribution in [2.24, 2.45) is 0 Å². The SMILES string of the molecule is N#Cc1ccc(CSc2nnc(NC(=O)c3ccc(F)c(F)c3)s2)cc1. The Balaban J connectivity index is 1.59. The summed E-state index contributed by atoms with van der Waals surface area (Å²) < 4.78 is 26.8. The normalized spacial score (nSPS) is 10.3. The summed E-state index contributed by atoms with van der Waals surface area (Å²) in [5.41, 5.74) is 1.61. The van der Waals surface area contributed by atoms with Gasteiger partial charge in [-0.05, 0) is 35.9 Å². The summed E-state index contributed by atoms with van der Waals surface area (Å²) in [5, 5.41) is 19.4. The van der Waals surface area contributed by atoms with Crippen LogP contribution in [0.1, 0.15) is 21.5 Å². The van der Waals surface area contributed by atoms with E-state index in [-0.39, 0.29) is 10.7 Å². The first kappa shape index (κ1) is 18.0. The molecule has 2 aromatic carbocycles. The fourth-order valence-electron chi connectivity index (χ4n) is 1.95. The lowest BCUT2D eigenvalue weighted by atomic mass is 10.2. The molecule has 0 aliphatic heterocycles. The maximum absolute atomic E-state index is 13.2. The van der Waals surface area contributed by atoms with Crippen LogP contribution < -0.4 is 5.32 Å². The molecule has 0 atom stereocenters. The molecule has 0 aliphatic rings. The van der Waals surface area contributed by atoms with E-state index in [4.69, 9.17) is 5.26 Å². The van der Waals surface area contributed by atoms with Crippen LogP contribution in [0.5, 0.6) is 0 Å². The second kappa shape index (κ2) is 8.03. The molecule has 0 unspecified atom stereocenters. The van der Waals surface area contributed by atoms with E-state index in [0.717, 1.165) is 17.7 Å². The number of nitriles is 1. The molecule has 0 saturated heterocycles. The standard InChI is InChI=1S/C17H10F2N4OS2/c18-13-6-5-12(7-14(13)19)15(24)21-16-22-23-17(26-16)25-9-11-3-1-10(8-20)2-4-11/h1-7H,9H2,(H,21,22,24). The molecule has 1 amide bonds. The van der Waals surface area contributed by atoms with Gasteiger partial charge in [0.25, 0.3) is 5.91 Å². The van der Waals surface area contributed by atoms with Crippen molar-refractivity contribution in [1.29, 1.82) is 5.26 Å². The van der Waals surface area contributed by atoms with E-state index in [1.54, 1.807) is 12.1 Å². The van der Waals surface area contributed by atoms with Crippen LogP contribution in [0.25, 0.3) is 0 Å². The summed E-state index contributed by atoms with van der Waals surface area (Å²) in [6.07, 6.45) is 0. The van der Waals surface area contributed by atoms with E-state index in [1.807, 2.05) is 12.1 Å². The molecule has 1 N–H and O–H groups in total. The number of amides is 1. The quantitative estimate of drug-likeness (QED) is 0.523. The van der Waals surface area contributed by atoms with Crippen LogP contribution in [0, 0.1) is 23.0 Å². The smallest absolute Gasteiger partial charge is 0.257 e. The molecular weight excluding hydrogens is 378 g/mol. The largest absolute Gasteiger partial charge is 0.296 e. The number of thioether (sulfide) groups is 1. The van der Waals surface area contributed by atoms with Crippen molar-refractivity contribution < 1.29 is 13.6 Å². The third-order valence-corrected chi connectivity index (χ3v) is 5.30. The lowest BCUT2D eigenvalue weighted by molar-refractivity contribution is 0.102. The number of carbonyl (C=O) groups excluding carboxylic acids is 1. The maximum atomic E-state index is 13.2. The fraction of sp³-hybridized carbons (Fsp3) is 0.0588. The molecule has 5 nitrogen and oxygen atoms in total. The van der Waals surface area contributed by atoms with Gasteiger partial charge in [-0.2, -0.15) is 5.26 Å². The molecule has 1 aromatic heterocycles. The summed E-state index contributed by atoms with van der Waals surface area (Å²) in [4.78, 5) is 12.0. The number of nitrogens with zero attached hydrogens (tertiary/aromatic N) is 3. The van der Waals surface area contributed by atoms with Gasteiger partial charge in [-0.25, -0.2) is 8.78 Å². The van der Waals surface area contributed by atoms with E-state index in [0.29, 0.717) is 15.7 Å². The van der Waals surface area contributed by atoms with Crippen LogP contribution in [0.3, 0.4) is 0 Å². The number of benzene rings is 2. The summed E-state index contributed by atoms with van der Waals surface area (Å²) in [6.45, 7) is 0. The minimum Gasteiger partial charge on any atom is -0.296 e. The van der Waals surface area contributed by atoms with Gasteiger partial charge in [-0.15, -0.1) is 10.2 Å². The Bertz CT molecular complexity index is 983. The molecule has 9 heteroatoms. The van der Waals surface area contributed by atoms with Crippen molar-refractivity contribution in [3.8, 4) is 6.07 Å². The van der Waals surface area contributed by atoms with Gasteiger partial charge in [0, 0.05) is 11.3 Å². The Morgan fingerprint density at radius 3 is 2.62 bits per heavy atom. The van der Waals surface area contributed by atoms with Crippen LogP contribution >= 0.6 is 23.1 Å². The monoisotopic (exact) mass is 388 g/mol. The summed E-state index contributed by atoms with van der Waals surface area (Å²) in [6, 6.07) is 12.2. The third kappa shape index (κ3) is 4.41. The van der Waals surface area contributed by atoms with Gasteiger partial charge in [0.05, 0.1) is 11.6 Å². The zero-order chi connectivity index (χ0) is 18.5. The first-order chi connectivity index (χ1) is 12.5. The van der Waals surface area contributed by atoms with Crippen LogP contribution in [0.15, 0.2) is 46.8 Å². The predicted octanol–water partition coefficient (Wildman–Crippen LogP) is 4.23. The minimum absolute atomic E-state index is 0.00844. The van der Waals surface area contributed by atoms with Crippen LogP contribution in [0.2, 0.25) is 0 Å². The van der Waals surface area contributed by atoms with Gasteiger partial charge in [0.2, 0.25) is 5.13 Å². The van der Waals surface area contributed by atoms with Crippen molar-refractivity contribution in [3.63, 3.8) is 0 Å². The Labute approximate surface area is 155 Å². The number of carbonyl (C=O) groups is 1. The maximum Gasteiger partial charge on any atom is 0.257 e. The molecule has 0 saturated carbocycles. The van der Waals surface area contributed by atoms with E-state index in [9.17, 15) is 13.6 Å². The predicted molar refractivity (Wildman–Crippen MR) is 94.9 cm³/mol. The summed E-state index contributed by atoms with van der Waals surface area (Å²) in [5.74, 6) is -2.06. The highest BCUT2D eigenvalue weighted by molar-refractivity contribution is 8.00. The van der Waals surface area contributed by atoms with Crippen molar-refractivity contribution in [3.05, 3.63) is 70.8 Å². The topological polar surface area (TPSA) is 78.7 Å². The molecule has 0 radical (unpaired) electrons. The van der Waals surface area contributed by atoms with Crippen molar-refractivity contribution in [2.75, 3.05) is 5.32 Å². The number of aromatic nitrogens is 2. The average molecular weight is 388 g/mol. The number of anilines is 1. The lowest BCUT2D eigenvalue weighted by Gasteiger charge is -2.01. The molecule has 3 aromatic rings. The van der Waals surface area contributed by atoms with Gasteiger partial charge in [-0.3, -0.25) is 10.1 Å². The Hall–Kier alpha value is -2.83. The molecular formula is C17H10F2N4OS2. The number of nitrogens with one attached hydrogen (secondary N) is 1. The second-order valence-electron chi connectivity index (χ2n) is 5.05. The molecule has 0 fully saturated rings. The van der Waals surface area contributed by atoms with Crippen LogP contribution in [-0.4, -0.2) is 16.1 Å². The van der Waals surface area contributed by atoms with Crippen molar-refractivity contribution in [2.45, 2.75) is 10.1 Å². The van der Waals surface area contributed by atoms with Gasteiger partial charge in [0.1, 0.15) is 0 Å². The summed E-state index contributed by atoms with van der Waals surface area (Å²) >= 11 is 2.61. The second-order valence-corrected chi connectivity index (χ2v) is 7.25. The lowest BCUT2D eigenvalue weighted by Crippen LogP contribution is -2.12. The molecule has 26 heavy (non-hydrogen) atoms. The Kier molecular flexibility index (Phi) is 5.55. The highest BCUT2D eigenvalue weighted by Crippen LogP contribution is 2.28. The zero-order valence-corrected chi connectivity index (χ0v) is 14.7. The average Bonchev–Trinajstić information content (AvgIpc) is 3.10. The van der Waals surface area contributed by atoms with Gasteiger partial charge >= 0.3 is 0 Å². The van der Waals surface area contributed by atoms with Crippen molar-refractivity contribution >= 4 is 34.1 Å². The van der Waals surface area contributed by atoms with Crippen molar-refractivity contribution in [1.82, 2.24) is 10.2 Å². The molecule has 0 spiro atoms. The van der Waals surface area contributed by atoms with Gasteiger partial charge in [-0.1, -0.05) is 35.2 Å². The van der Waals surface area contributed by atoms with Gasteiger partial charge < -0.3 is 0 Å². The van der Waals surface area contributed by atoms with E-state index >= 15 is 0 Å². The van der Waals surface area contributed by atoms with Gasteiger partial charge in [0.15, 0.2) is 16.0 Å². The Morgan fingerprint density at radius 1 is 1.15 bits per heavy atom. The Morgan fingerprint density at radius 2 is 1.92 bits per heavy atom. The van der Waals surface area contributed by atoms with E-state index in [2.05, 4.69) is 21.6 Å². The van der Waals surface area contributed by atoms with Crippen LogP contribution in [0.4, 0.5) is 13.9 Å². The molecule has 3 rings (SSSR count). The number of hydrogen-bond donors (Lipinski definition) is 1. The number of rotatable bonds is 5. The number of hydrogen-bond acceptors (Lipinski definition) is 6. The zero-order valence-electron chi connectivity index (χ0n) is 13.1. The fourth-order valence-corrected chi connectivity index (χ4v) is 3.65. The first-order valence-electron chi connectivity index (χ1n) is 7.27. The summed E-state index contributed by atoms with van der Waals surface area (Å²) in [7, 11) is 0. The first-order valence-corrected chi connectivity index (χ1v) is 9.07. The van der Waals surface area contributed by atoms with E-state index < -0.39 is 17.5 Å². The molecule has 0 aliphatic carbocycles. The third-order valence-electron chi connectivity index (χ3n) is 3.25. The number of halogens is 2. The van der Waals surface area contributed by atoms with E-state index in [1.165, 1.54) is 29.2 Å². The highest BCUT2D eigenvalue weighted by Gasteiger charge is 2.13. The van der Waals surface area contributed by atoms with Crippen LogP contribution in [-0.2, 0) is 5.75 Å². The molecule has 0 bridgehead atoms. The molecule has 130 valence electrons. The molecule has 1 heterocycles. The minimum atomic E-state index is -1.09.